The summed E-state index contributed by atoms with van der Waals surface area (Å²) in [5.41, 5.74) is 7.72. The molecule has 0 aliphatic rings. The van der Waals surface area contributed by atoms with E-state index in [-0.39, 0.29) is 11.1 Å². The van der Waals surface area contributed by atoms with Crippen molar-refractivity contribution in [2.24, 2.45) is 0 Å². The quantitative estimate of drug-likeness (QED) is 0.370. The smallest absolute Gasteiger partial charge is 0.263 e. The summed E-state index contributed by atoms with van der Waals surface area (Å²) in [4.78, 5) is 27.6. The Hall–Kier alpha value is -4.18. The molecule has 0 saturated carbocycles. The molecule has 6 rings (SSSR count). The highest BCUT2D eigenvalue weighted by Gasteiger charge is 2.22. The van der Waals surface area contributed by atoms with E-state index in [4.69, 9.17) is 0 Å². The summed E-state index contributed by atoms with van der Waals surface area (Å²) in [6, 6.07) is 24.3. The predicted octanol–water partition coefficient (Wildman–Crippen LogP) is 5.30. The average Bonchev–Trinajstić information content (AvgIpc) is 3.52. The minimum Gasteiger partial charge on any atom is -0.283 e. The maximum atomic E-state index is 13.8. The van der Waals surface area contributed by atoms with Gasteiger partial charge >= 0.3 is 0 Å². The van der Waals surface area contributed by atoms with E-state index < -0.39 is 0 Å². The number of aryl methyl sites for hydroxylation is 2. The van der Waals surface area contributed by atoms with Crippen molar-refractivity contribution in [1.82, 2.24) is 8.80 Å². The van der Waals surface area contributed by atoms with Crippen molar-refractivity contribution in [1.29, 1.82) is 0 Å². The molecule has 2 aromatic carbocycles. The summed E-state index contributed by atoms with van der Waals surface area (Å²) in [6.45, 7) is 4.12. The highest BCUT2D eigenvalue weighted by atomic mass is 16.1. The molecule has 0 unspecified atom stereocenters. The molecule has 4 heteroatoms. The van der Waals surface area contributed by atoms with E-state index >= 15 is 0 Å². The number of rotatable bonds is 4. The summed E-state index contributed by atoms with van der Waals surface area (Å²) in [6.07, 6.45) is 4.77. The Morgan fingerprint density at radius 3 is 1.32 bits per heavy atom. The molecule has 166 valence electrons. The van der Waals surface area contributed by atoms with Gasteiger partial charge in [-0.25, -0.2) is 0 Å². The van der Waals surface area contributed by atoms with Crippen molar-refractivity contribution in [3.8, 4) is 0 Å². The Morgan fingerprint density at radius 1 is 0.559 bits per heavy atom. The second kappa shape index (κ2) is 7.70. The number of fused-ring (bicyclic) bond motifs is 3. The van der Waals surface area contributed by atoms with Crippen LogP contribution in [0.3, 0.4) is 0 Å². The Morgan fingerprint density at radius 2 is 0.941 bits per heavy atom. The van der Waals surface area contributed by atoms with Gasteiger partial charge in [-0.15, -0.1) is 0 Å². The normalized spacial score (nSPS) is 11.7. The van der Waals surface area contributed by atoms with Crippen molar-refractivity contribution in [3.63, 3.8) is 0 Å². The van der Waals surface area contributed by atoms with Gasteiger partial charge in [0.15, 0.2) is 0 Å². The summed E-state index contributed by atoms with van der Waals surface area (Å²) >= 11 is 0. The van der Waals surface area contributed by atoms with Crippen molar-refractivity contribution in [2.75, 3.05) is 0 Å². The van der Waals surface area contributed by atoms with E-state index in [1.807, 2.05) is 24.3 Å². The van der Waals surface area contributed by atoms with Crippen LogP contribution in [0.25, 0.3) is 21.8 Å². The van der Waals surface area contributed by atoms with E-state index in [2.05, 4.69) is 62.4 Å². The van der Waals surface area contributed by atoms with Crippen LogP contribution in [0.1, 0.15) is 33.4 Å². The number of nitrogens with zero attached hydrogens (tertiary/aromatic N) is 2. The second-order valence-electron chi connectivity index (χ2n) is 9.17. The van der Waals surface area contributed by atoms with E-state index in [1.165, 1.54) is 11.1 Å². The zero-order valence-electron chi connectivity index (χ0n) is 19.2. The molecule has 0 saturated heterocycles. The van der Waals surface area contributed by atoms with Gasteiger partial charge in [-0.2, -0.15) is 0 Å². The molecule has 0 amide bonds. The molecule has 34 heavy (non-hydrogen) atoms. The molecular formula is C30H24N2O2. The molecule has 0 bridgehead atoms. The topological polar surface area (TPSA) is 43.0 Å². The summed E-state index contributed by atoms with van der Waals surface area (Å²) in [7, 11) is 0. The third-order valence-corrected chi connectivity index (χ3v) is 6.84. The van der Waals surface area contributed by atoms with Crippen LogP contribution < -0.4 is 11.1 Å². The van der Waals surface area contributed by atoms with Gasteiger partial charge < -0.3 is 0 Å². The molecule has 0 radical (unpaired) electrons. The highest BCUT2D eigenvalue weighted by molar-refractivity contribution is 5.96. The van der Waals surface area contributed by atoms with Gasteiger partial charge in [0.05, 0.1) is 21.8 Å². The number of benzene rings is 2. The van der Waals surface area contributed by atoms with Crippen molar-refractivity contribution >= 4 is 21.8 Å². The molecule has 0 atom stereocenters. The largest absolute Gasteiger partial charge is 0.283 e. The van der Waals surface area contributed by atoms with Gasteiger partial charge in [0.2, 0.25) is 0 Å². The Balaban J connectivity index is 1.72. The Kier molecular flexibility index (Phi) is 4.63. The molecule has 4 aromatic heterocycles. The maximum Gasteiger partial charge on any atom is 0.263 e. The maximum absolute atomic E-state index is 13.8. The zero-order chi connectivity index (χ0) is 23.4. The minimum absolute atomic E-state index is 0.134. The highest BCUT2D eigenvalue weighted by Crippen LogP contribution is 2.28. The lowest BCUT2D eigenvalue weighted by molar-refractivity contribution is 1.06. The fourth-order valence-corrected chi connectivity index (χ4v) is 5.06. The van der Waals surface area contributed by atoms with Crippen molar-refractivity contribution < 1.29 is 0 Å². The Bertz CT molecular complexity index is 1660. The first-order valence-electron chi connectivity index (χ1n) is 11.5. The molecule has 0 aliphatic heterocycles. The van der Waals surface area contributed by atoms with Crippen molar-refractivity contribution in [3.05, 3.63) is 139 Å². The molecule has 0 fully saturated rings. The van der Waals surface area contributed by atoms with Gasteiger partial charge in [0.25, 0.3) is 11.1 Å². The van der Waals surface area contributed by atoms with Crippen molar-refractivity contribution in [2.45, 2.75) is 26.7 Å². The van der Waals surface area contributed by atoms with Crippen LogP contribution in [0.15, 0.2) is 94.8 Å². The zero-order valence-corrected chi connectivity index (χ0v) is 19.2. The van der Waals surface area contributed by atoms with E-state index in [0.29, 0.717) is 23.6 Å². The monoisotopic (exact) mass is 444 g/mol. The first-order valence-corrected chi connectivity index (χ1v) is 11.5. The molecule has 0 spiro atoms. The first-order chi connectivity index (χ1) is 16.5. The number of pyridine rings is 2. The predicted molar refractivity (Wildman–Crippen MR) is 138 cm³/mol. The van der Waals surface area contributed by atoms with Gasteiger partial charge in [-0.1, -0.05) is 59.7 Å². The first kappa shape index (κ1) is 20.4. The number of aromatic nitrogens is 2. The third-order valence-electron chi connectivity index (χ3n) is 6.84. The van der Waals surface area contributed by atoms with Crippen LogP contribution in [-0.4, -0.2) is 8.80 Å². The molecule has 6 aromatic rings. The molecule has 0 aliphatic carbocycles. The lowest BCUT2D eigenvalue weighted by Crippen LogP contribution is -2.24. The van der Waals surface area contributed by atoms with Crippen LogP contribution in [0.4, 0.5) is 0 Å². The second-order valence-corrected chi connectivity index (χ2v) is 9.17. The lowest BCUT2D eigenvalue weighted by Gasteiger charge is -2.15. The lowest BCUT2D eigenvalue weighted by atomic mass is 9.94. The van der Waals surface area contributed by atoms with Crippen LogP contribution >= 0.6 is 0 Å². The fraction of sp³-hybridized carbons (Fsp3) is 0.133. The fourth-order valence-electron chi connectivity index (χ4n) is 5.06. The Labute approximate surface area is 196 Å². The molecule has 4 nitrogen and oxygen atoms in total. The van der Waals surface area contributed by atoms with Gasteiger partial charge in [0.1, 0.15) is 0 Å². The van der Waals surface area contributed by atoms with Crippen LogP contribution in [-0.2, 0) is 12.8 Å². The average molecular weight is 445 g/mol. The molecular weight excluding hydrogens is 420 g/mol. The van der Waals surface area contributed by atoms with E-state index in [0.717, 1.165) is 33.3 Å². The van der Waals surface area contributed by atoms with Gasteiger partial charge in [-0.3, -0.25) is 18.4 Å². The van der Waals surface area contributed by atoms with Crippen LogP contribution in [0.5, 0.6) is 0 Å². The van der Waals surface area contributed by atoms with E-state index in [9.17, 15) is 9.59 Å². The number of hydrogen-bond donors (Lipinski definition) is 0. The summed E-state index contributed by atoms with van der Waals surface area (Å²) in [5, 5.41) is 1.06. The minimum atomic E-state index is -0.134. The van der Waals surface area contributed by atoms with Crippen LogP contribution in [0.2, 0.25) is 0 Å². The molecule has 0 N–H and O–H groups in total. The molecule has 4 heterocycles. The SMILES string of the molecule is Cc1ccc(Cc2c3c(=O)n4cccc4c(Cc4ccc(C)cc4)c3c(=O)n3cccc23)cc1. The third kappa shape index (κ3) is 3.14. The summed E-state index contributed by atoms with van der Waals surface area (Å²) < 4.78 is 3.40. The standard InChI is InChI=1S/C30H24N2O2/c1-19-7-11-21(12-8-19)17-23-25-5-3-15-31(25)30(34)28-24(18-22-13-9-20(2)10-14-22)26-6-4-16-32(26)29(33)27(23)28/h3-16H,17-18H2,1-2H3. The van der Waals surface area contributed by atoms with Gasteiger partial charge in [-0.05, 0) is 60.4 Å². The van der Waals surface area contributed by atoms with Gasteiger partial charge in [0, 0.05) is 25.2 Å². The van der Waals surface area contributed by atoms with Crippen LogP contribution in [0, 0.1) is 13.8 Å². The summed E-state index contributed by atoms with van der Waals surface area (Å²) in [5.74, 6) is 0. The van der Waals surface area contributed by atoms with E-state index in [1.54, 1.807) is 21.2 Å². The number of hydrogen-bond acceptors (Lipinski definition) is 2.